The molecule has 1 aromatic carbocycles. The van der Waals surface area contributed by atoms with Crippen molar-refractivity contribution in [3.63, 3.8) is 0 Å². The summed E-state index contributed by atoms with van der Waals surface area (Å²) in [7, 11) is 1.35. The average molecular weight is 305 g/mol. The molecule has 2 nitrogen and oxygen atoms in total. The van der Waals surface area contributed by atoms with Crippen LogP contribution in [-0.4, -0.2) is 13.3 Å². The van der Waals surface area contributed by atoms with E-state index in [9.17, 15) is 17.6 Å². The van der Waals surface area contributed by atoms with Crippen LogP contribution in [0.15, 0.2) is 18.2 Å². The number of ether oxygens (including phenoxy) is 1. The van der Waals surface area contributed by atoms with E-state index in [0.717, 1.165) is 0 Å². The van der Waals surface area contributed by atoms with Crippen LogP contribution in [0.5, 0.6) is 5.75 Å². The van der Waals surface area contributed by atoms with Crippen LogP contribution >= 0.6 is 0 Å². The zero-order valence-corrected chi connectivity index (χ0v) is 11.8. The Kier molecular flexibility index (Phi) is 4.76. The fourth-order valence-corrected chi connectivity index (χ4v) is 3.01. The maximum Gasteiger partial charge on any atom is 0.391 e. The second-order valence-electron chi connectivity index (χ2n) is 5.58. The second-order valence-corrected chi connectivity index (χ2v) is 5.58. The van der Waals surface area contributed by atoms with Gasteiger partial charge in [0.1, 0.15) is 0 Å². The van der Waals surface area contributed by atoms with Crippen molar-refractivity contribution in [2.75, 3.05) is 7.11 Å². The molecule has 1 saturated carbocycles. The molecule has 118 valence electrons. The standard InChI is InChI=1S/C15H19F4NO/c1-21-13-6-5-10(8-12(13)16)14(20)9-3-2-4-11(7-9)15(17,18)19/h5-6,8-9,11,14H,2-4,7,20H2,1H3. The minimum Gasteiger partial charge on any atom is -0.494 e. The maximum atomic E-state index is 13.7. The Labute approximate surface area is 121 Å². The van der Waals surface area contributed by atoms with Crippen molar-refractivity contribution in [3.05, 3.63) is 29.6 Å². The number of hydrogen-bond acceptors (Lipinski definition) is 2. The zero-order valence-electron chi connectivity index (χ0n) is 11.8. The summed E-state index contributed by atoms with van der Waals surface area (Å²) in [6.07, 6.45) is -2.87. The van der Waals surface area contributed by atoms with E-state index in [1.54, 1.807) is 6.07 Å². The quantitative estimate of drug-likeness (QED) is 0.849. The van der Waals surface area contributed by atoms with Gasteiger partial charge in [0.15, 0.2) is 11.6 Å². The number of methoxy groups -OCH3 is 1. The summed E-state index contributed by atoms with van der Waals surface area (Å²) in [4.78, 5) is 0. The van der Waals surface area contributed by atoms with E-state index in [4.69, 9.17) is 10.5 Å². The normalized spacial score (nSPS) is 24.7. The predicted octanol–water partition coefficient (Wildman–Crippen LogP) is 4.20. The topological polar surface area (TPSA) is 35.2 Å². The molecule has 0 saturated heterocycles. The van der Waals surface area contributed by atoms with E-state index in [-0.39, 0.29) is 24.5 Å². The van der Waals surface area contributed by atoms with Gasteiger partial charge in [-0.05, 0) is 42.9 Å². The highest BCUT2D eigenvalue weighted by Gasteiger charge is 2.43. The highest BCUT2D eigenvalue weighted by molar-refractivity contribution is 5.31. The molecule has 3 atom stereocenters. The fraction of sp³-hybridized carbons (Fsp3) is 0.600. The third kappa shape index (κ3) is 3.67. The summed E-state index contributed by atoms with van der Waals surface area (Å²) >= 11 is 0. The van der Waals surface area contributed by atoms with Gasteiger partial charge in [-0.2, -0.15) is 13.2 Å². The Balaban J connectivity index is 2.12. The lowest BCUT2D eigenvalue weighted by molar-refractivity contribution is -0.186. The van der Waals surface area contributed by atoms with Gasteiger partial charge >= 0.3 is 6.18 Å². The van der Waals surface area contributed by atoms with Crippen molar-refractivity contribution in [1.29, 1.82) is 0 Å². The first-order valence-corrected chi connectivity index (χ1v) is 6.98. The number of alkyl halides is 3. The summed E-state index contributed by atoms with van der Waals surface area (Å²) in [5.74, 6) is -2.03. The first-order chi connectivity index (χ1) is 9.82. The van der Waals surface area contributed by atoms with Gasteiger partial charge in [0.25, 0.3) is 0 Å². The van der Waals surface area contributed by atoms with Crippen molar-refractivity contribution >= 4 is 0 Å². The van der Waals surface area contributed by atoms with E-state index < -0.39 is 24.0 Å². The van der Waals surface area contributed by atoms with E-state index in [2.05, 4.69) is 0 Å². The van der Waals surface area contributed by atoms with E-state index in [1.807, 2.05) is 0 Å². The van der Waals surface area contributed by atoms with Gasteiger partial charge in [-0.25, -0.2) is 4.39 Å². The molecule has 1 aliphatic rings. The molecule has 0 aromatic heterocycles. The first kappa shape index (κ1) is 16.1. The number of benzene rings is 1. The number of hydrogen-bond donors (Lipinski definition) is 1. The Morgan fingerprint density at radius 1 is 1.29 bits per heavy atom. The van der Waals surface area contributed by atoms with Crippen LogP contribution < -0.4 is 10.5 Å². The molecule has 2 N–H and O–H groups in total. The monoisotopic (exact) mass is 305 g/mol. The molecule has 1 aromatic rings. The van der Waals surface area contributed by atoms with Crippen LogP contribution in [0.25, 0.3) is 0 Å². The van der Waals surface area contributed by atoms with Crippen molar-refractivity contribution in [2.24, 2.45) is 17.6 Å². The van der Waals surface area contributed by atoms with Gasteiger partial charge in [-0.15, -0.1) is 0 Å². The molecule has 1 fully saturated rings. The van der Waals surface area contributed by atoms with Crippen LogP contribution in [0.4, 0.5) is 17.6 Å². The van der Waals surface area contributed by atoms with Gasteiger partial charge in [0.2, 0.25) is 0 Å². The summed E-state index contributed by atoms with van der Waals surface area (Å²) in [6, 6.07) is 3.73. The van der Waals surface area contributed by atoms with Crippen LogP contribution in [0.2, 0.25) is 0 Å². The third-order valence-corrected chi connectivity index (χ3v) is 4.25. The van der Waals surface area contributed by atoms with E-state index >= 15 is 0 Å². The molecule has 0 amide bonds. The second kappa shape index (κ2) is 6.22. The van der Waals surface area contributed by atoms with Crippen LogP contribution in [-0.2, 0) is 0 Å². The van der Waals surface area contributed by atoms with Crippen molar-refractivity contribution < 1.29 is 22.3 Å². The van der Waals surface area contributed by atoms with Crippen LogP contribution in [0.3, 0.4) is 0 Å². The molecule has 21 heavy (non-hydrogen) atoms. The van der Waals surface area contributed by atoms with Gasteiger partial charge in [0, 0.05) is 6.04 Å². The summed E-state index contributed by atoms with van der Waals surface area (Å²) in [6.45, 7) is 0. The average Bonchev–Trinajstić information content (AvgIpc) is 2.45. The van der Waals surface area contributed by atoms with Crippen LogP contribution in [0, 0.1) is 17.7 Å². The van der Waals surface area contributed by atoms with Crippen molar-refractivity contribution in [3.8, 4) is 5.75 Å². The minimum absolute atomic E-state index is 0.0122. The molecule has 2 rings (SSSR count). The number of nitrogens with two attached hydrogens (primary N) is 1. The molecule has 1 aliphatic carbocycles. The maximum absolute atomic E-state index is 13.7. The Bertz CT molecular complexity index is 489. The predicted molar refractivity (Wildman–Crippen MR) is 71.4 cm³/mol. The third-order valence-electron chi connectivity index (χ3n) is 4.25. The molecule has 6 heteroatoms. The Morgan fingerprint density at radius 2 is 2.00 bits per heavy atom. The Morgan fingerprint density at radius 3 is 2.57 bits per heavy atom. The van der Waals surface area contributed by atoms with E-state index in [0.29, 0.717) is 18.4 Å². The van der Waals surface area contributed by atoms with Gasteiger partial charge in [0.05, 0.1) is 13.0 Å². The van der Waals surface area contributed by atoms with E-state index in [1.165, 1.54) is 19.2 Å². The molecule has 0 bridgehead atoms. The molecule has 0 aliphatic heterocycles. The molecular weight excluding hydrogens is 286 g/mol. The van der Waals surface area contributed by atoms with Gasteiger partial charge < -0.3 is 10.5 Å². The molecule has 0 radical (unpaired) electrons. The molecular formula is C15H19F4NO. The Hall–Kier alpha value is -1.30. The lowest BCUT2D eigenvalue weighted by Gasteiger charge is -2.34. The summed E-state index contributed by atoms with van der Waals surface area (Å²) in [5.41, 5.74) is 6.58. The fourth-order valence-electron chi connectivity index (χ4n) is 3.01. The smallest absolute Gasteiger partial charge is 0.391 e. The van der Waals surface area contributed by atoms with Crippen LogP contribution in [0.1, 0.15) is 37.3 Å². The number of rotatable bonds is 3. The van der Waals surface area contributed by atoms with Crippen molar-refractivity contribution in [1.82, 2.24) is 0 Å². The first-order valence-electron chi connectivity index (χ1n) is 6.98. The molecule has 3 unspecified atom stereocenters. The van der Waals surface area contributed by atoms with Gasteiger partial charge in [-0.3, -0.25) is 0 Å². The minimum atomic E-state index is -4.18. The van der Waals surface area contributed by atoms with Crippen molar-refractivity contribution in [2.45, 2.75) is 37.9 Å². The highest BCUT2D eigenvalue weighted by Crippen LogP contribution is 2.43. The van der Waals surface area contributed by atoms with Gasteiger partial charge in [-0.1, -0.05) is 12.5 Å². The number of halogens is 4. The molecule has 0 heterocycles. The summed E-state index contributed by atoms with van der Waals surface area (Å²) < 4.78 is 57.0. The summed E-state index contributed by atoms with van der Waals surface area (Å²) in [5, 5.41) is 0. The largest absolute Gasteiger partial charge is 0.494 e. The SMILES string of the molecule is COc1ccc(C(N)C2CCCC(C(F)(F)F)C2)cc1F. The molecule has 0 spiro atoms. The lowest BCUT2D eigenvalue weighted by atomic mass is 9.76. The lowest BCUT2D eigenvalue weighted by Crippen LogP contribution is -2.33. The zero-order chi connectivity index (χ0) is 15.6. The highest BCUT2D eigenvalue weighted by atomic mass is 19.4.